The zero-order valence-corrected chi connectivity index (χ0v) is 15.2. The zero-order valence-electron chi connectivity index (χ0n) is 13.5. The lowest BCUT2D eigenvalue weighted by molar-refractivity contribution is -0.116. The van der Waals surface area contributed by atoms with E-state index < -0.39 is 10.0 Å². The van der Waals surface area contributed by atoms with Crippen molar-refractivity contribution in [2.75, 3.05) is 12.4 Å². The molecule has 0 spiro atoms. The quantitative estimate of drug-likeness (QED) is 0.693. The van der Waals surface area contributed by atoms with E-state index in [0.717, 1.165) is 15.8 Å². The first kappa shape index (κ1) is 17.5. The van der Waals surface area contributed by atoms with E-state index >= 15 is 0 Å². The number of carbonyl (C=O) groups is 1. The molecular weight excluding hydrogens is 358 g/mol. The van der Waals surface area contributed by atoms with Crippen molar-refractivity contribution in [3.8, 4) is 0 Å². The van der Waals surface area contributed by atoms with Gasteiger partial charge in [0, 0.05) is 6.42 Å². The molecule has 130 valence electrons. The fraction of sp³-hybridized carbons (Fsp3) is 0.176. The molecule has 3 rings (SSSR count). The van der Waals surface area contributed by atoms with E-state index in [1.54, 1.807) is 12.1 Å². The summed E-state index contributed by atoms with van der Waals surface area (Å²) in [5, 5.41) is 3.39. The van der Waals surface area contributed by atoms with Gasteiger partial charge in [-0.3, -0.25) is 4.79 Å². The second-order valence-corrected chi connectivity index (χ2v) is 8.30. The van der Waals surface area contributed by atoms with Gasteiger partial charge in [0.05, 0.1) is 15.1 Å². The molecule has 25 heavy (non-hydrogen) atoms. The molecule has 3 aromatic rings. The van der Waals surface area contributed by atoms with Gasteiger partial charge in [-0.05, 0) is 43.3 Å². The van der Waals surface area contributed by atoms with Crippen LogP contribution >= 0.6 is 11.3 Å². The van der Waals surface area contributed by atoms with Crippen LogP contribution in [0.15, 0.2) is 53.4 Å². The molecule has 0 saturated heterocycles. The molecule has 0 unspecified atom stereocenters. The highest BCUT2D eigenvalue weighted by Gasteiger charge is 2.11. The molecule has 8 heteroatoms. The second kappa shape index (κ2) is 7.30. The van der Waals surface area contributed by atoms with Crippen LogP contribution in [0.1, 0.15) is 12.0 Å². The number of fused-ring (bicyclic) bond motifs is 1. The van der Waals surface area contributed by atoms with Gasteiger partial charge < -0.3 is 5.32 Å². The van der Waals surface area contributed by atoms with E-state index in [9.17, 15) is 13.2 Å². The molecule has 1 amide bonds. The summed E-state index contributed by atoms with van der Waals surface area (Å²) >= 11 is 1.44. The van der Waals surface area contributed by atoms with Gasteiger partial charge in [0.1, 0.15) is 0 Å². The molecule has 1 aromatic heterocycles. The highest BCUT2D eigenvalue weighted by molar-refractivity contribution is 7.89. The lowest BCUT2D eigenvalue weighted by Crippen LogP contribution is -2.18. The van der Waals surface area contributed by atoms with Crippen LogP contribution in [0, 0.1) is 0 Å². The van der Waals surface area contributed by atoms with E-state index in [2.05, 4.69) is 15.0 Å². The number of benzene rings is 2. The summed E-state index contributed by atoms with van der Waals surface area (Å²) in [4.78, 5) is 16.7. The van der Waals surface area contributed by atoms with Crippen LogP contribution in [-0.4, -0.2) is 26.4 Å². The number of hydrogen-bond acceptors (Lipinski definition) is 5. The van der Waals surface area contributed by atoms with Crippen molar-refractivity contribution in [1.29, 1.82) is 0 Å². The standard InChI is InChI=1S/C17H17N3O3S2/c1-18-25(22,23)13-9-6-12(7-10-13)8-11-16(21)20-17-19-14-4-2-3-5-15(14)24-17/h2-7,9-10,18H,8,11H2,1H3,(H,19,20,21). The van der Waals surface area contributed by atoms with E-state index in [0.29, 0.717) is 18.0 Å². The molecule has 0 aliphatic rings. The fourth-order valence-electron chi connectivity index (χ4n) is 2.32. The van der Waals surface area contributed by atoms with Crippen LogP contribution in [-0.2, 0) is 21.2 Å². The Morgan fingerprint density at radius 1 is 1.12 bits per heavy atom. The minimum atomic E-state index is -3.44. The maximum absolute atomic E-state index is 12.1. The fourth-order valence-corrected chi connectivity index (χ4v) is 3.93. The number of para-hydroxylation sites is 1. The third kappa shape index (κ3) is 4.22. The SMILES string of the molecule is CNS(=O)(=O)c1ccc(CCC(=O)Nc2nc3ccccc3s2)cc1. The first-order chi connectivity index (χ1) is 12.0. The molecule has 2 N–H and O–H groups in total. The maximum atomic E-state index is 12.1. The lowest BCUT2D eigenvalue weighted by atomic mass is 10.1. The Balaban J connectivity index is 1.58. The Bertz CT molecular complexity index is 962. The topological polar surface area (TPSA) is 88.2 Å². The maximum Gasteiger partial charge on any atom is 0.240 e. The molecule has 1 heterocycles. The molecule has 2 aromatic carbocycles. The molecule has 0 aliphatic carbocycles. The Kier molecular flexibility index (Phi) is 5.12. The van der Waals surface area contributed by atoms with Crippen LogP contribution in [0.5, 0.6) is 0 Å². The summed E-state index contributed by atoms with van der Waals surface area (Å²) in [5.41, 5.74) is 1.76. The largest absolute Gasteiger partial charge is 0.302 e. The van der Waals surface area contributed by atoms with E-state index in [1.807, 2.05) is 24.3 Å². The van der Waals surface area contributed by atoms with Crippen LogP contribution in [0.3, 0.4) is 0 Å². The Hall–Kier alpha value is -2.29. The Morgan fingerprint density at radius 3 is 2.52 bits per heavy atom. The Labute approximate surface area is 150 Å². The van der Waals surface area contributed by atoms with Gasteiger partial charge in [0.25, 0.3) is 0 Å². The normalized spacial score (nSPS) is 11.6. The van der Waals surface area contributed by atoms with Gasteiger partial charge in [-0.1, -0.05) is 35.6 Å². The number of anilines is 1. The van der Waals surface area contributed by atoms with Crippen molar-refractivity contribution in [1.82, 2.24) is 9.71 Å². The number of carbonyl (C=O) groups excluding carboxylic acids is 1. The van der Waals surface area contributed by atoms with E-state index in [4.69, 9.17) is 0 Å². The average molecular weight is 375 g/mol. The summed E-state index contributed by atoms with van der Waals surface area (Å²) in [5.74, 6) is -0.119. The van der Waals surface area contributed by atoms with Gasteiger partial charge in [0.2, 0.25) is 15.9 Å². The van der Waals surface area contributed by atoms with E-state index in [1.165, 1.54) is 30.5 Å². The number of nitrogens with zero attached hydrogens (tertiary/aromatic N) is 1. The van der Waals surface area contributed by atoms with Gasteiger partial charge in [0.15, 0.2) is 5.13 Å². The minimum absolute atomic E-state index is 0.119. The molecule has 0 bridgehead atoms. The number of aryl methyl sites for hydroxylation is 1. The zero-order chi connectivity index (χ0) is 17.9. The number of rotatable bonds is 6. The molecule has 0 saturated carbocycles. The van der Waals surface area contributed by atoms with Crippen LogP contribution in [0.2, 0.25) is 0 Å². The molecule has 0 atom stereocenters. The summed E-state index contributed by atoms with van der Waals surface area (Å²) in [7, 11) is -2.07. The molecule has 0 aliphatic heterocycles. The predicted molar refractivity (Wildman–Crippen MR) is 99.3 cm³/mol. The number of aromatic nitrogens is 1. The van der Waals surface area contributed by atoms with Gasteiger partial charge in [-0.2, -0.15) is 0 Å². The highest BCUT2D eigenvalue weighted by Crippen LogP contribution is 2.25. The number of hydrogen-bond donors (Lipinski definition) is 2. The highest BCUT2D eigenvalue weighted by atomic mass is 32.2. The number of thiazole rings is 1. The Morgan fingerprint density at radius 2 is 1.84 bits per heavy atom. The minimum Gasteiger partial charge on any atom is -0.302 e. The van der Waals surface area contributed by atoms with E-state index in [-0.39, 0.29) is 10.8 Å². The first-order valence-corrected chi connectivity index (χ1v) is 9.96. The summed E-state index contributed by atoms with van der Waals surface area (Å²) in [6.45, 7) is 0. The third-order valence-corrected chi connectivity index (χ3v) is 6.07. The van der Waals surface area contributed by atoms with Crippen LogP contribution in [0.4, 0.5) is 5.13 Å². The molecule has 0 fully saturated rings. The summed E-state index contributed by atoms with van der Waals surface area (Å²) < 4.78 is 26.6. The summed E-state index contributed by atoms with van der Waals surface area (Å²) in [6.07, 6.45) is 0.824. The van der Waals surface area contributed by atoms with Crippen molar-refractivity contribution in [2.45, 2.75) is 17.7 Å². The van der Waals surface area contributed by atoms with Crippen molar-refractivity contribution >= 4 is 42.6 Å². The van der Waals surface area contributed by atoms with Crippen LogP contribution < -0.4 is 10.0 Å². The number of amides is 1. The van der Waals surface area contributed by atoms with Gasteiger partial charge in [-0.25, -0.2) is 18.1 Å². The smallest absolute Gasteiger partial charge is 0.240 e. The monoisotopic (exact) mass is 375 g/mol. The van der Waals surface area contributed by atoms with Gasteiger partial charge >= 0.3 is 0 Å². The van der Waals surface area contributed by atoms with Crippen molar-refractivity contribution in [3.05, 3.63) is 54.1 Å². The number of sulfonamides is 1. The molecule has 0 radical (unpaired) electrons. The molecular formula is C17H17N3O3S2. The molecule has 6 nitrogen and oxygen atoms in total. The van der Waals surface area contributed by atoms with Gasteiger partial charge in [-0.15, -0.1) is 0 Å². The summed E-state index contributed by atoms with van der Waals surface area (Å²) in [6, 6.07) is 14.2. The first-order valence-electron chi connectivity index (χ1n) is 7.66. The van der Waals surface area contributed by atoms with Crippen molar-refractivity contribution in [3.63, 3.8) is 0 Å². The van der Waals surface area contributed by atoms with Crippen molar-refractivity contribution < 1.29 is 13.2 Å². The third-order valence-electron chi connectivity index (χ3n) is 3.68. The van der Waals surface area contributed by atoms with Crippen molar-refractivity contribution in [2.24, 2.45) is 0 Å². The lowest BCUT2D eigenvalue weighted by Gasteiger charge is -2.05. The predicted octanol–water partition coefficient (Wildman–Crippen LogP) is 2.78. The van der Waals surface area contributed by atoms with Crippen LogP contribution in [0.25, 0.3) is 10.2 Å². The average Bonchev–Trinajstić information content (AvgIpc) is 3.02. The second-order valence-electron chi connectivity index (χ2n) is 5.39. The number of nitrogens with one attached hydrogen (secondary N) is 2.